The molecule has 45 heavy (non-hydrogen) atoms. The smallest absolute Gasteiger partial charge is 0.317 e. The van der Waals surface area contributed by atoms with E-state index < -0.39 is 16.6 Å². The van der Waals surface area contributed by atoms with Gasteiger partial charge in [-0.05, 0) is 48.9 Å². The first-order valence-electron chi connectivity index (χ1n) is 14.8. The molecule has 1 aromatic heterocycles. The van der Waals surface area contributed by atoms with Gasteiger partial charge in [0.15, 0.2) is 0 Å². The molecule has 4 amide bonds. The number of hydrogen-bond donors (Lipinski definition) is 2. The number of carbonyl (C=O) groups excluding carboxylic acids is 3. The fourth-order valence-corrected chi connectivity index (χ4v) is 8.05. The first-order chi connectivity index (χ1) is 21.7. The van der Waals surface area contributed by atoms with Gasteiger partial charge in [0.25, 0.3) is 0 Å². The number of amides is 4. The molecule has 6 rings (SSSR count). The Morgan fingerprint density at radius 3 is 2.47 bits per heavy atom. The Hall–Kier alpha value is -3.73. The molecule has 2 fully saturated rings. The highest BCUT2D eigenvalue weighted by atomic mass is 35.5. The van der Waals surface area contributed by atoms with Gasteiger partial charge >= 0.3 is 6.03 Å². The molecule has 234 valence electrons. The Bertz CT molecular complexity index is 1750. The molecule has 0 saturated carbocycles. The summed E-state index contributed by atoms with van der Waals surface area (Å²) in [5.74, 6) is -0.986. The highest BCUT2D eigenvalue weighted by molar-refractivity contribution is 8.01. The average molecular weight is 669 g/mol. The normalized spacial score (nSPS) is 20.2. The number of nitrogens with zero attached hydrogens (tertiary/aromatic N) is 3. The van der Waals surface area contributed by atoms with Crippen LogP contribution in [0.15, 0.2) is 77.8 Å². The maximum Gasteiger partial charge on any atom is 0.317 e. The van der Waals surface area contributed by atoms with E-state index in [9.17, 15) is 18.8 Å². The zero-order valence-electron chi connectivity index (χ0n) is 24.6. The Labute approximate surface area is 274 Å². The maximum atomic E-state index is 15.0. The summed E-state index contributed by atoms with van der Waals surface area (Å²) in [6, 6.07) is 18.7. The number of piperazine rings is 1. The number of carbonyl (C=O) groups is 3. The third-order valence-electron chi connectivity index (χ3n) is 8.38. The minimum atomic E-state index is -1.27. The molecule has 4 aromatic rings. The van der Waals surface area contributed by atoms with E-state index in [1.54, 1.807) is 26.8 Å². The van der Waals surface area contributed by atoms with Crippen molar-refractivity contribution >= 4 is 63.7 Å². The summed E-state index contributed by atoms with van der Waals surface area (Å²) in [6.45, 7) is 3.88. The van der Waals surface area contributed by atoms with Crippen LogP contribution in [0.4, 0.5) is 9.18 Å². The number of benzene rings is 3. The molecule has 8 nitrogen and oxygen atoms in total. The lowest BCUT2D eigenvalue weighted by Crippen LogP contribution is -2.58. The van der Waals surface area contributed by atoms with Crippen molar-refractivity contribution in [1.82, 2.24) is 25.0 Å². The van der Waals surface area contributed by atoms with E-state index in [0.717, 1.165) is 21.4 Å². The number of thioether (sulfide) groups is 1. The number of H-pyrrole nitrogens is 1. The number of fused-ring (bicyclic) bond motifs is 1. The summed E-state index contributed by atoms with van der Waals surface area (Å²) >= 11 is 13.7. The summed E-state index contributed by atoms with van der Waals surface area (Å²) in [5.41, 5.74) is 2.09. The molecule has 0 spiro atoms. The first-order valence-corrected chi connectivity index (χ1v) is 16.3. The van der Waals surface area contributed by atoms with E-state index in [0.29, 0.717) is 43.3 Å². The lowest BCUT2D eigenvalue weighted by atomic mass is 9.90. The third-order valence-corrected chi connectivity index (χ3v) is 10.3. The fraction of sp³-hybridized carbons (Fsp3) is 0.303. The van der Waals surface area contributed by atoms with E-state index in [1.807, 2.05) is 55.6 Å². The van der Waals surface area contributed by atoms with Crippen molar-refractivity contribution in [3.05, 3.63) is 99.9 Å². The number of halogens is 3. The van der Waals surface area contributed by atoms with Crippen molar-refractivity contribution in [3.8, 4) is 0 Å². The number of aromatic amines is 1. The standard InChI is InChI=1S/C33H32Cl2FN5O3S/c1-2-37-32(44)40-14-12-39(13-15-40)31(43)33(45-23-6-4-3-5-7-23)18-29(42)41(20-21-8-11-26(35)27(36)16-21)30(33)25-19-38-28-17-22(34)9-10-24(25)28/h3-11,16-17,19,30,38H,2,12-15,18,20H2,1H3,(H,37,44)/t30?,33-/m0/s1. The SMILES string of the molecule is CCNC(=O)N1CCN(C(=O)[C@]2(Sc3ccccc3)CC(=O)N(Cc3ccc(Cl)c(F)c3)C2c2c[nH]c3cc(Cl)ccc23)CC1. The molecule has 12 heteroatoms. The first kappa shape index (κ1) is 31.3. The van der Waals surface area contributed by atoms with Crippen LogP contribution in [0.2, 0.25) is 10.0 Å². The topological polar surface area (TPSA) is 88.8 Å². The van der Waals surface area contributed by atoms with Crippen LogP contribution < -0.4 is 5.32 Å². The van der Waals surface area contributed by atoms with Gasteiger partial charge in [-0.3, -0.25) is 9.59 Å². The van der Waals surface area contributed by atoms with E-state index in [-0.39, 0.29) is 35.8 Å². The van der Waals surface area contributed by atoms with Gasteiger partial charge in [0.05, 0.1) is 17.5 Å². The largest absolute Gasteiger partial charge is 0.361 e. The second-order valence-corrected chi connectivity index (χ2v) is 13.5. The molecule has 3 aromatic carbocycles. The van der Waals surface area contributed by atoms with Crippen LogP contribution in [0.25, 0.3) is 10.9 Å². The maximum absolute atomic E-state index is 15.0. The van der Waals surface area contributed by atoms with E-state index in [1.165, 1.54) is 23.9 Å². The molecule has 2 aliphatic heterocycles. The Morgan fingerprint density at radius 2 is 1.76 bits per heavy atom. The number of urea groups is 1. The number of aromatic nitrogens is 1. The Morgan fingerprint density at radius 1 is 1.02 bits per heavy atom. The Kier molecular flexibility index (Phi) is 8.99. The number of nitrogens with one attached hydrogen (secondary N) is 2. The number of likely N-dealkylation sites (tertiary alicyclic amines) is 1. The quantitative estimate of drug-likeness (QED) is 0.236. The highest BCUT2D eigenvalue weighted by Crippen LogP contribution is 2.55. The molecular formula is C33H32Cl2FN5O3S. The number of hydrogen-bond acceptors (Lipinski definition) is 4. The molecule has 2 N–H and O–H groups in total. The monoisotopic (exact) mass is 667 g/mol. The molecule has 3 heterocycles. The lowest BCUT2D eigenvalue weighted by molar-refractivity contribution is -0.136. The lowest BCUT2D eigenvalue weighted by Gasteiger charge is -2.42. The van der Waals surface area contributed by atoms with Gasteiger partial charge in [-0.1, -0.05) is 53.5 Å². The predicted octanol–water partition coefficient (Wildman–Crippen LogP) is 6.49. The molecule has 2 atom stereocenters. The molecule has 1 unspecified atom stereocenters. The summed E-state index contributed by atoms with van der Waals surface area (Å²) in [7, 11) is 0. The summed E-state index contributed by atoms with van der Waals surface area (Å²) < 4.78 is 13.3. The summed E-state index contributed by atoms with van der Waals surface area (Å²) in [4.78, 5) is 50.9. The molecule has 2 saturated heterocycles. The fourth-order valence-electron chi connectivity index (χ4n) is 6.27. The van der Waals surface area contributed by atoms with Crippen LogP contribution in [0.5, 0.6) is 0 Å². The van der Waals surface area contributed by atoms with Gasteiger partial charge in [-0.2, -0.15) is 0 Å². The summed E-state index contributed by atoms with van der Waals surface area (Å²) in [5, 5.41) is 4.20. The van der Waals surface area contributed by atoms with Gasteiger partial charge in [-0.25, -0.2) is 9.18 Å². The zero-order chi connectivity index (χ0) is 31.7. The second kappa shape index (κ2) is 12.9. The molecule has 2 aliphatic rings. The van der Waals surface area contributed by atoms with Crippen molar-refractivity contribution in [2.24, 2.45) is 0 Å². The minimum absolute atomic E-state index is 0.00697. The van der Waals surface area contributed by atoms with Gasteiger partial charge in [0.2, 0.25) is 11.8 Å². The van der Waals surface area contributed by atoms with Gasteiger partial charge < -0.3 is 25.0 Å². The molecule has 0 bridgehead atoms. The molecule has 0 aliphatic carbocycles. The van der Waals surface area contributed by atoms with E-state index >= 15 is 0 Å². The van der Waals surface area contributed by atoms with Crippen LogP contribution in [0.1, 0.15) is 30.5 Å². The van der Waals surface area contributed by atoms with Crippen LogP contribution >= 0.6 is 35.0 Å². The zero-order valence-corrected chi connectivity index (χ0v) is 26.9. The molecule has 0 radical (unpaired) electrons. The van der Waals surface area contributed by atoms with Gasteiger partial charge in [0, 0.05) is 71.8 Å². The second-order valence-electron chi connectivity index (χ2n) is 11.2. The van der Waals surface area contributed by atoms with Crippen LogP contribution in [0, 0.1) is 5.82 Å². The van der Waals surface area contributed by atoms with Crippen molar-refractivity contribution in [3.63, 3.8) is 0 Å². The van der Waals surface area contributed by atoms with Crippen LogP contribution in [-0.2, 0) is 16.1 Å². The average Bonchev–Trinajstić information content (AvgIpc) is 3.56. The molecular weight excluding hydrogens is 636 g/mol. The van der Waals surface area contributed by atoms with Crippen molar-refractivity contribution in [1.29, 1.82) is 0 Å². The summed E-state index contributed by atoms with van der Waals surface area (Å²) in [6.07, 6.45) is 1.77. The van der Waals surface area contributed by atoms with Gasteiger partial charge in [-0.15, -0.1) is 11.8 Å². The third kappa shape index (κ3) is 6.11. The van der Waals surface area contributed by atoms with Crippen molar-refractivity contribution < 1.29 is 18.8 Å². The van der Waals surface area contributed by atoms with E-state index in [4.69, 9.17) is 23.2 Å². The van der Waals surface area contributed by atoms with Crippen LogP contribution in [0.3, 0.4) is 0 Å². The van der Waals surface area contributed by atoms with Crippen molar-refractivity contribution in [2.75, 3.05) is 32.7 Å². The highest BCUT2D eigenvalue weighted by Gasteiger charge is 2.60. The minimum Gasteiger partial charge on any atom is -0.361 e. The van der Waals surface area contributed by atoms with E-state index in [2.05, 4.69) is 10.3 Å². The number of rotatable bonds is 7. The predicted molar refractivity (Wildman–Crippen MR) is 175 cm³/mol. The van der Waals surface area contributed by atoms with Gasteiger partial charge in [0.1, 0.15) is 10.6 Å². The Balaban J connectivity index is 1.46. The van der Waals surface area contributed by atoms with Crippen LogP contribution in [-0.4, -0.2) is 75.0 Å². The van der Waals surface area contributed by atoms with Crippen molar-refractivity contribution in [2.45, 2.75) is 35.6 Å².